The van der Waals surface area contributed by atoms with Gasteiger partial charge in [-0.2, -0.15) is 0 Å². The van der Waals surface area contributed by atoms with Gasteiger partial charge in [0.15, 0.2) is 0 Å². The second-order valence-corrected chi connectivity index (χ2v) is 5.39. The Labute approximate surface area is 106 Å². The maximum atomic E-state index is 11.4. The van der Waals surface area contributed by atoms with Crippen molar-refractivity contribution in [2.24, 2.45) is 5.92 Å². The molecule has 1 aliphatic heterocycles. The van der Waals surface area contributed by atoms with Crippen LogP contribution in [0.4, 0.5) is 0 Å². The Morgan fingerprint density at radius 1 is 1.41 bits per heavy atom. The SMILES string of the molecule is CC[C@H]1CCCCN1CCCNC(=O)C(C)C. The van der Waals surface area contributed by atoms with Gasteiger partial charge in [-0.05, 0) is 32.2 Å². The van der Waals surface area contributed by atoms with Gasteiger partial charge in [0.25, 0.3) is 0 Å². The van der Waals surface area contributed by atoms with Crippen molar-refractivity contribution in [2.45, 2.75) is 58.9 Å². The fourth-order valence-corrected chi connectivity index (χ4v) is 2.51. The highest BCUT2D eigenvalue weighted by Crippen LogP contribution is 2.19. The lowest BCUT2D eigenvalue weighted by Crippen LogP contribution is -2.40. The number of rotatable bonds is 6. The quantitative estimate of drug-likeness (QED) is 0.723. The van der Waals surface area contributed by atoms with Gasteiger partial charge in [-0.1, -0.05) is 27.2 Å². The molecule has 3 heteroatoms. The van der Waals surface area contributed by atoms with Crippen LogP contribution in [0.3, 0.4) is 0 Å². The van der Waals surface area contributed by atoms with Crippen LogP contribution in [0, 0.1) is 5.92 Å². The first-order valence-corrected chi connectivity index (χ1v) is 7.17. The van der Waals surface area contributed by atoms with Crippen LogP contribution in [-0.2, 0) is 4.79 Å². The van der Waals surface area contributed by atoms with E-state index in [1.807, 2.05) is 13.8 Å². The minimum absolute atomic E-state index is 0.105. The molecule has 0 spiro atoms. The highest BCUT2D eigenvalue weighted by atomic mass is 16.1. The molecule has 1 aliphatic rings. The van der Waals surface area contributed by atoms with Crippen LogP contribution < -0.4 is 5.32 Å². The van der Waals surface area contributed by atoms with Gasteiger partial charge in [0.2, 0.25) is 5.91 Å². The Hall–Kier alpha value is -0.570. The van der Waals surface area contributed by atoms with E-state index in [2.05, 4.69) is 17.1 Å². The molecule has 1 N–H and O–H groups in total. The predicted octanol–water partition coefficient (Wildman–Crippen LogP) is 2.41. The van der Waals surface area contributed by atoms with E-state index < -0.39 is 0 Å². The van der Waals surface area contributed by atoms with E-state index in [9.17, 15) is 4.79 Å². The molecular formula is C14H28N2O. The Morgan fingerprint density at radius 2 is 2.18 bits per heavy atom. The van der Waals surface area contributed by atoms with Gasteiger partial charge in [-0.25, -0.2) is 0 Å². The van der Waals surface area contributed by atoms with Crippen LogP contribution in [-0.4, -0.2) is 36.5 Å². The number of piperidine rings is 1. The molecule has 0 aromatic carbocycles. The fourth-order valence-electron chi connectivity index (χ4n) is 2.51. The average molecular weight is 240 g/mol. The summed E-state index contributed by atoms with van der Waals surface area (Å²) in [4.78, 5) is 14.0. The maximum Gasteiger partial charge on any atom is 0.222 e. The molecule has 0 aliphatic carbocycles. The molecular weight excluding hydrogens is 212 g/mol. The van der Waals surface area contributed by atoms with Crippen molar-refractivity contribution in [3.63, 3.8) is 0 Å². The Kier molecular flexibility index (Phi) is 6.56. The summed E-state index contributed by atoms with van der Waals surface area (Å²) in [5.41, 5.74) is 0. The molecule has 0 aromatic heterocycles. The zero-order valence-electron chi connectivity index (χ0n) is 11.7. The first-order valence-electron chi connectivity index (χ1n) is 7.17. The summed E-state index contributed by atoms with van der Waals surface area (Å²) in [6.45, 7) is 9.36. The van der Waals surface area contributed by atoms with Crippen molar-refractivity contribution in [3.8, 4) is 0 Å². The lowest BCUT2D eigenvalue weighted by atomic mass is 10.00. The summed E-state index contributed by atoms with van der Waals surface area (Å²) in [7, 11) is 0. The average Bonchev–Trinajstić information content (AvgIpc) is 2.34. The van der Waals surface area contributed by atoms with E-state index in [0.717, 1.165) is 25.6 Å². The molecule has 1 amide bonds. The molecule has 1 rings (SSSR count). The highest BCUT2D eigenvalue weighted by Gasteiger charge is 2.19. The van der Waals surface area contributed by atoms with E-state index >= 15 is 0 Å². The molecule has 0 bridgehead atoms. The number of hydrogen-bond donors (Lipinski definition) is 1. The third-order valence-corrected chi connectivity index (χ3v) is 3.67. The summed E-state index contributed by atoms with van der Waals surface area (Å²) in [6.07, 6.45) is 6.43. The first kappa shape index (κ1) is 14.5. The molecule has 1 heterocycles. The highest BCUT2D eigenvalue weighted by molar-refractivity contribution is 5.77. The Bertz CT molecular complexity index is 228. The summed E-state index contributed by atoms with van der Waals surface area (Å²) in [6, 6.07) is 0.782. The topological polar surface area (TPSA) is 32.3 Å². The summed E-state index contributed by atoms with van der Waals surface area (Å²) >= 11 is 0. The van der Waals surface area contributed by atoms with E-state index in [-0.39, 0.29) is 11.8 Å². The van der Waals surface area contributed by atoms with E-state index in [0.29, 0.717) is 0 Å². The molecule has 1 saturated heterocycles. The van der Waals surface area contributed by atoms with Gasteiger partial charge in [-0.15, -0.1) is 0 Å². The van der Waals surface area contributed by atoms with E-state index in [1.165, 1.54) is 32.2 Å². The Morgan fingerprint density at radius 3 is 2.82 bits per heavy atom. The van der Waals surface area contributed by atoms with Crippen LogP contribution in [0.15, 0.2) is 0 Å². The van der Waals surface area contributed by atoms with Crippen LogP contribution in [0.25, 0.3) is 0 Å². The van der Waals surface area contributed by atoms with Crippen molar-refractivity contribution in [1.29, 1.82) is 0 Å². The number of carbonyl (C=O) groups is 1. The molecule has 100 valence electrons. The summed E-state index contributed by atoms with van der Waals surface area (Å²) in [5, 5.41) is 2.99. The number of carbonyl (C=O) groups excluding carboxylic acids is 1. The minimum atomic E-state index is 0.105. The van der Waals surface area contributed by atoms with Gasteiger partial charge in [0.05, 0.1) is 0 Å². The molecule has 0 radical (unpaired) electrons. The van der Waals surface area contributed by atoms with Gasteiger partial charge in [-0.3, -0.25) is 4.79 Å². The lowest BCUT2D eigenvalue weighted by molar-refractivity contribution is -0.123. The van der Waals surface area contributed by atoms with E-state index in [4.69, 9.17) is 0 Å². The van der Waals surface area contributed by atoms with Gasteiger partial charge < -0.3 is 10.2 Å². The van der Waals surface area contributed by atoms with Crippen molar-refractivity contribution < 1.29 is 4.79 Å². The number of likely N-dealkylation sites (tertiary alicyclic amines) is 1. The smallest absolute Gasteiger partial charge is 0.222 e. The van der Waals surface area contributed by atoms with Crippen LogP contribution in [0.2, 0.25) is 0 Å². The second kappa shape index (κ2) is 7.70. The van der Waals surface area contributed by atoms with Crippen molar-refractivity contribution in [3.05, 3.63) is 0 Å². The molecule has 0 unspecified atom stereocenters. The van der Waals surface area contributed by atoms with Crippen LogP contribution in [0.5, 0.6) is 0 Å². The number of amides is 1. The van der Waals surface area contributed by atoms with Crippen molar-refractivity contribution in [1.82, 2.24) is 10.2 Å². The van der Waals surface area contributed by atoms with Gasteiger partial charge in [0, 0.05) is 25.0 Å². The lowest BCUT2D eigenvalue weighted by Gasteiger charge is -2.35. The monoisotopic (exact) mass is 240 g/mol. The van der Waals surface area contributed by atoms with Crippen molar-refractivity contribution >= 4 is 5.91 Å². The summed E-state index contributed by atoms with van der Waals surface area (Å²) in [5.74, 6) is 0.282. The number of nitrogens with one attached hydrogen (secondary N) is 1. The van der Waals surface area contributed by atoms with E-state index in [1.54, 1.807) is 0 Å². The Balaban J connectivity index is 2.14. The van der Waals surface area contributed by atoms with Gasteiger partial charge in [0.1, 0.15) is 0 Å². The molecule has 1 fully saturated rings. The first-order chi connectivity index (χ1) is 8.15. The molecule has 0 saturated carbocycles. The van der Waals surface area contributed by atoms with Crippen molar-refractivity contribution in [2.75, 3.05) is 19.6 Å². The zero-order chi connectivity index (χ0) is 12.7. The maximum absolute atomic E-state index is 11.4. The third kappa shape index (κ3) is 5.07. The predicted molar refractivity (Wildman–Crippen MR) is 72.0 cm³/mol. The zero-order valence-corrected chi connectivity index (χ0v) is 11.7. The largest absolute Gasteiger partial charge is 0.356 e. The summed E-state index contributed by atoms with van der Waals surface area (Å²) < 4.78 is 0. The normalized spacial score (nSPS) is 21.8. The third-order valence-electron chi connectivity index (χ3n) is 3.67. The van der Waals surface area contributed by atoms with Gasteiger partial charge >= 0.3 is 0 Å². The molecule has 3 nitrogen and oxygen atoms in total. The van der Waals surface area contributed by atoms with Crippen LogP contribution >= 0.6 is 0 Å². The molecule has 0 aromatic rings. The standard InChI is InChI=1S/C14H28N2O/c1-4-13-8-5-6-10-16(13)11-7-9-15-14(17)12(2)3/h12-13H,4-11H2,1-3H3,(H,15,17)/t13-/m0/s1. The molecule has 17 heavy (non-hydrogen) atoms. The number of hydrogen-bond acceptors (Lipinski definition) is 2. The number of nitrogens with zero attached hydrogens (tertiary/aromatic N) is 1. The fraction of sp³-hybridized carbons (Fsp3) is 0.929. The molecule has 1 atom stereocenters. The van der Waals surface area contributed by atoms with Crippen LogP contribution in [0.1, 0.15) is 52.9 Å². The minimum Gasteiger partial charge on any atom is -0.356 e. The second-order valence-electron chi connectivity index (χ2n) is 5.39.